The minimum Gasteiger partial charge on any atom is -0.480 e. The maximum Gasteiger partial charge on any atom is 0.434 e. The van der Waals surface area contributed by atoms with Gasteiger partial charge in [-0.1, -0.05) is 24.3 Å². The third-order valence-electron chi connectivity index (χ3n) is 8.32. The van der Waals surface area contributed by atoms with Crippen molar-refractivity contribution in [3.63, 3.8) is 0 Å². The summed E-state index contributed by atoms with van der Waals surface area (Å²) in [6, 6.07) is 6.48. The molecule has 14 heteroatoms. The van der Waals surface area contributed by atoms with Gasteiger partial charge in [0.05, 0.1) is 19.3 Å². The number of sulfonamides is 1. The molecule has 224 valence electrons. The number of ether oxygens (including phenoxy) is 1. The van der Waals surface area contributed by atoms with Crippen LogP contribution in [0.4, 0.5) is 19.0 Å². The van der Waals surface area contributed by atoms with E-state index in [2.05, 4.69) is 19.9 Å². The zero-order chi connectivity index (χ0) is 30.3. The molecule has 0 atom stereocenters. The van der Waals surface area contributed by atoms with Crippen molar-refractivity contribution in [3.05, 3.63) is 65.5 Å². The molecule has 1 aromatic carbocycles. The number of anilines is 1. The number of fused-ring (bicyclic) bond motifs is 2. The van der Waals surface area contributed by atoms with E-state index in [9.17, 15) is 21.6 Å². The summed E-state index contributed by atoms with van der Waals surface area (Å²) in [5.74, 6) is 1.37. The molecule has 7 rings (SSSR count). The summed E-state index contributed by atoms with van der Waals surface area (Å²) in [5, 5.41) is 0. The Labute approximate surface area is 246 Å². The lowest BCUT2D eigenvalue weighted by molar-refractivity contribution is -0.140. The van der Waals surface area contributed by atoms with Crippen LogP contribution >= 0.6 is 0 Å². The second-order valence-electron chi connectivity index (χ2n) is 11.5. The fourth-order valence-corrected chi connectivity index (χ4v) is 7.89. The van der Waals surface area contributed by atoms with E-state index in [0.29, 0.717) is 52.6 Å². The van der Waals surface area contributed by atoms with E-state index in [1.807, 2.05) is 0 Å². The van der Waals surface area contributed by atoms with Crippen LogP contribution in [0, 0.1) is 0 Å². The van der Waals surface area contributed by atoms with E-state index in [-0.39, 0.29) is 24.3 Å². The lowest BCUT2D eigenvalue weighted by Crippen LogP contribution is -2.31. The molecule has 1 aliphatic heterocycles. The van der Waals surface area contributed by atoms with Gasteiger partial charge in [-0.3, -0.25) is 0 Å². The fourth-order valence-electron chi connectivity index (χ4n) is 5.75. The SMILES string of the molecule is COc1ncnc(C2CC2)c1-c1ncc2c(n1)N(Cc1ccc(-c3nc(C(F)(F)F)cn3C(C)C)cc1)S(=O)(=O)C21CC1. The van der Waals surface area contributed by atoms with Crippen molar-refractivity contribution in [2.75, 3.05) is 11.4 Å². The lowest BCUT2D eigenvalue weighted by atomic mass is 10.1. The standard InChI is InChI=1S/C29H28F3N7O3S/c1-16(2)38-14-21(29(30,31)32)36-25(38)19-6-4-17(5-7-19)13-39-26-20(28(10-11-28)43(39,40)41)12-33-24(37-26)22-23(18-8-9-18)34-15-35-27(22)42-3/h4-7,12,14-16,18H,8-11,13H2,1-3H3. The maximum absolute atomic E-state index is 13.9. The molecular weight excluding hydrogens is 583 g/mol. The van der Waals surface area contributed by atoms with Crippen LogP contribution < -0.4 is 9.04 Å². The van der Waals surface area contributed by atoms with Crippen LogP contribution in [0.2, 0.25) is 0 Å². The Morgan fingerprint density at radius 1 is 1.07 bits per heavy atom. The highest BCUT2D eigenvalue weighted by atomic mass is 32.2. The first-order valence-corrected chi connectivity index (χ1v) is 15.4. The molecule has 4 aromatic rings. The molecule has 3 aromatic heterocycles. The number of hydrogen-bond acceptors (Lipinski definition) is 8. The summed E-state index contributed by atoms with van der Waals surface area (Å²) in [6.45, 7) is 3.56. The molecule has 0 amide bonds. The Kier molecular flexibility index (Phi) is 6.11. The quantitative estimate of drug-likeness (QED) is 0.264. The lowest BCUT2D eigenvalue weighted by Gasteiger charge is -2.20. The first kappa shape index (κ1) is 27.7. The average Bonchev–Trinajstić information content (AvgIpc) is 3.91. The largest absolute Gasteiger partial charge is 0.480 e. The van der Waals surface area contributed by atoms with Crippen LogP contribution in [-0.2, 0) is 27.5 Å². The number of alkyl halides is 3. The fraction of sp³-hybridized carbons (Fsp3) is 0.414. The molecule has 2 aliphatic carbocycles. The van der Waals surface area contributed by atoms with Gasteiger partial charge in [-0.05, 0) is 45.1 Å². The number of rotatable bonds is 7. The topological polar surface area (TPSA) is 116 Å². The maximum atomic E-state index is 13.9. The number of methoxy groups -OCH3 is 1. The van der Waals surface area contributed by atoms with Gasteiger partial charge in [0.15, 0.2) is 17.3 Å². The predicted octanol–water partition coefficient (Wildman–Crippen LogP) is 5.62. The van der Waals surface area contributed by atoms with Crippen LogP contribution in [0.1, 0.15) is 74.0 Å². The number of hydrogen-bond donors (Lipinski definition) is 0. The zero-order valence-electron chi connectivity index (χ0n) is 23.6. The Morgan fingerprint density at radius 2 is 1.79 bits per heavy atom. The first-order valence-electron chi connectivity index (χ1n) is 14.0. The second kappa shape index (κ2) is 9.46. The highest BCUT2D eigenvalue weighted by Gasteiger charge is 2.65. The summed E-state index contributed by atoms with van der Waals surface area (Å²) in [6.07, 6.45) is 2.39. The number of aromatic nitrogens is 6. The molecule has 0 N–H and O–H groups in total. The van der Waals surface area contributed by atoms with Crippen LogP contribution in [-0.4, -0.2) is 45.0 Å². The summed E-state index contributed by atoms with van der Waals surface area (Å²) >= 11 is 0. The van der Waals surface area contributed by atoms with E-state index in [0.717, 1.165) is 24.7 Å². The van der Waals surface area contributed by atoms with Gasteiger partial charge in [0, 0.05) is 35.5 Å². The average molecular weight is 612 g/mol. The molecule has 2 saturated carbocycles. The first-order chi connectivity index (χ1) is 20.4. The van der Waals surface area contributed by atoms with Gasteiger partial charge in [0.2, 0.25) is 15.9 Å². The van der Waals surface area contributed by atoms with Crippen molar-refractivity contribution in [2.45, 2.75) is 69.0 Å². The second-order valence-corrected chi connectivity index (χ2v) is 13.7. The third kappa shape index (κ3) is 4.36. The molecule has 0 unspecified atom stereocenters. The van der Waals surface area contributed by atoms with E-state index in [1.54, 1.807) is 44.3 Å². The van der Waals surface area contributed by atoms with Gasteiger partial charge in [-0.15, -0.1) is 0 Å². The van der Waals surface area contributed by atoms with E-state index >= 15 is 0 Å². The molecule has 0 radical (unpaired) electrons. The van der Waals surface area contributed by atoms with E-state index in [4.69, 9.17) is 9.72 Å². The molecule has 0 bridgehead atoms. The third-order valence-corrected chi connectivity index (χ3v) is 10.8. The monoisotopic (exact) mass is 611 g/mol. The van der Waals surface area contributed by atoms with E-state index in [1.165, 1.54) is 22.3 Å². The van der Waals surface area contributed by atoms with Gasteiger partial charge in [-0.25, -0.2) is 37.6 Å². The van der Waals surface area contributed by atoms with Gasteiger partial charge in [-0.2, -0.15) is 13.2 Å². The molecule has 0 saturated heterocycles. The van der Waals surface area contributed by atoms with Crippen molar-refractivity contribution in [1.29, 1.82) is 0 Å². The van der Waals surface area contributed by atoms with Gasteiger partial charge in [0.25, 0.3) is 0 Å². The molecule has 2 fully saturated rings. The van der Waals surface area contributed by atoms with Crippen molar-refractivity contribution >= 4 is 15.8 Å². The molecule has 3 aliphatic rings. The molecule has 1 spiro atoms. The van der Waals surface area contributed by atoms with E-state index < -0.39 is 26.6 Å². The Bertz CT molecular complexity index is 1850. The Balaban J connectivity index is 1.26. The molecule has 10 nitrogen and oxygen atoms in total. The highest BCUT2D eigenvalue weighted by molar-refractivity contribution is 7.94. The van der Waals surface area contributed by atoms with Gasteiger partial charge >= 0.3 is 6.18 Å². The Hall–Kier alpha value is -4.07. The molecular formula is C29H28F3N7O3S. The minimum absolute atomic E-state index is 0.00184. The predicted molar refractivity (Wildman–Crippen MR) is 151 cm³/mol. The van der Waals surface area contributed by atoms with Crippen molar-refractivity contribution in [1.82, 2.24) is 29.5 Å². The Morgan fingerprint density at radius 3 is 2.40 bits per heavy atom. The van der Waals surface area contributed by atoms with Gasteiger partial charge < -0.3 is 9.30 Å². The highest BCUT2D eigenvalue weighted by Crippen LogP contribution is 2.61. The zero-order valence-corrected chi connectivity index (χ0v) is 24.4. The molecule has 4 heterocycles. The van der Waals surface area contributed by atoms with Crippen LogP contribution in [0.5, 0.6) is 5.88 Å². The summed E-state index contributed by atoms with van der Waals surface area (Å²) in [7, 11) is -2.30. The minimum atomic E-state index is -4.57. The van der Waals surface area contributed by atoms with Crippen molar-refractivity contribution in [2.24, 2.45) is 0 Å². The summed E-state index contributed by atoms with van der Waals surface area (Å²) in [4.78, 5) is 21.9. The van der Waals surface area contributed by atoms with Crippen LogP contribution in [0.25, 0.3) is 22.8 Å². The number of benzene rings is 1. The smallest absolute Gasteiger partial charge is 0.434 e. The number of halogens is 3. The van der Waals surface area contributed by atoms with Gasteiger partial charge in [0.1, 0.15) is 22.5 Å². The summed E-state index contributed by atoms with van der Waals surface area (Å²) < 4.78 is 75.2. The van der Waals surface area contributed by atoms with Crippen LogP contribution in [0.15, 0.2) is 43.0 Å². The molecule has 43 heavy (non-hydrogen) atoms. The van der Waals surface area contributed by atoms with Crippen LogP contribution in [0.3, 0.4) is 0 Å². The summed E-state index contributed by atoms with van der Waals surface area (Å²) in [5.41, 5.74) is 2.08. The normalized spacial score (nSPS) is 18.3. The van der Waals surface area contributed by atoms with Crippen molar-refractivity contribution < 1.29 is 26.3 Å². The number of imidazole rings is 1. The number of nitrogens with zero attached hydrogens (tertiary/aromatic N) is 7. The van der Waals surface area contributed by atoms with Crippen molar-refractivity contribution in [3.8, 4) is 28.7 Å².